The number of hydrogen-bond donors (Lipinski definition) is 1. The van der Waals surface area contributed by atoms with Crippen LogP contribution < -0.4 is 5.32 Å². The second kappa shape index (κ2) is 4.92. The molecule has 2 aliphatic carbocycles. The molecule has 1 N–H and O–H groups in total. The molecule has 0 spiro atoms. The van der Waals surface area contributed by atoms with Gasteiger partial charge in [-0.3, -0.25) is 0 Å². The Bertz CT molecular complexity index is 433. The van der Waals surface area contributed by atoms with Gasteiger partial charge in [0.1, 0.15) is 0 Å². The molecular formula is C17H25NO. The molecule has 2 atom stereocenters. The maximum absolute atomic E-state index is 5.49. The van der Waals surface area contributed by atoms with Crippen LogP contribution in [0, 0.1) is 5.41 Å². The van der Waals surface area contributed by atoms with E-state index in [1.807, 2.05) is 7.11 Å². The van der Waals surface area contributed by atoms with Crippen LogP contribution in [0.15, 0.2) is 24.3 Å². The van der Waals surface area contributed by atoms with Gasteiger partial charge in [-0.05, 0) is 36.3 Å². The third kappa shape index (κ3) is 2.56. The number of benzene rings is 1. The van der Waals surface area contributed by atoms with Gasteiger partial charge in [-0.15, -0.1) is 0 Å². The van der Waals surface area contributed by atoms with Crippen molar-refractivity contribution in [1.29, 1.82) is 0 Å². The van der Waals surface area contributed by atoms with Crippen LogP contribution in [0.5, 0.6) is 0 Å². The van der Waals surface area contributed by atoms with Gasteiger partial charge >= 0.3 is 0 Å². The third-order valence-corrected chi connectivity index (χ3v) is 5.04. The first-order valence-corrected chi connectivity index (χ1v) is 7.46. The van der Waals surface area contributed by atoms with Gasteiger partial charge < -0.3 is 10.1 Å². The van der Waals surface area contributed by atoms with Crippen LogP contribution in [0.1, 0.15) is 50.2 Å². The van der Waals surface area contributed by atoms with Crippen LogP contribution >= 0.6 is 0 Å². The highest BCUT2D eigenvalue weighted by Gasteiger charge is 2.48. The van der Waals surface area contributed by atoms with Crippen molar-refractivity contribution in [3.63, 3.8) is 0 Å². The van der Waals surface area contributed by atoms with Gasteiger partial charge in [0, 0.05) is 25.1 Å². The highest BCUT2D eigenvalue weighted by molar-refractivity contribution is 5.28. The minimum atomic E-state index is 0.253. The van der Waals surface area contributed by atoms with Gasteiger partial charge in [0.2, 0.25) is 0 Å². The summed E-state index contributed by atoms with van der Waals surface area (Å²) in [7, 11) is 1.82. The van der Waals surface area contributed by atoms with Gasteiger partial charge in [0.15, 0.2) is 0 Å². The molecule has 2 aliphatic rings. The van der Waals surface area contributed by atoms with Crippen LogP contribution in [0.2, 0.25) is 0 Å². The van der Waals surface area contributed by atoms with Crippen LogP contribution in [-0.2, 0) is 11.3 Å². The third-order valence-electron chi connectivity index (χ3n) is 5.04. The van der Waals surface area contributed by atoms with Gasteiger partial charge in [-0.2, -0.15) is 0 Å². The van der Waals surface area contributed by atoms with E-state index < -0.39 is 0 Å². The fourth-order valence-corrected chi connectivity index (χ4v) is 3.20. The highest BCUT2D eigenvalue weighted by Crippen LogP contribution is 2.42. The van der Waals surface area contributed by atoms with E-state index in [9.17, 15) is 0 Å². The first kappa shape index (κ1) is 13.1. The summed E-state index contributed by atoms with van der Waals surface area (Å²) in [5, 5.41) is 3.67. The van der Waals surface area contributed by atoms with Gasteiger partial charge in [0.25, 0.3) is 0 Å². The molecule has 0 saturated heterocycles. The number of nitrogens with one attached hydrogen (secondary N) is 1. The summed E-state index contributed by atoms with van der Waals surface area (Å²) in [4.78, 5) is 0. The van der Waals surface area contributed by atoms with E-state index in [0.29, 0.717) is 12.1 Å². The Morgan fingerprint density at radius 2 is 1.89 bits per heavy atom. The molecule has 0 aromatic heterocycles. The van der Waals surface area contributed by atoms with Crippen LogP contribution in [0.4, 0.5) is 0 Å². The molecule has 0 radical (unpaired) electrons. The number of hydrogen-bond acceptors (Lipinski definition) is 2. The van der Waals surface area contributed by atoms with E-state index in [2.05, 4.69) is 43.4 Å². The van der Waals surface area contributed by atoms with Gasteiger partial charge in [0.05, 0.1) is 6.10 Å². The molecule has 2 unspecified atom stereocenters. The minimum Gasteiger partial charge on any atom is -0.381 e. The molecule has 0 bridgehead atoms. The summed E-state index contributed by atoms with van der Waals surface area (Å²) in [6, 6.07) is 9.73. The number of methoxy groups -OCH3 is 1. The van der Waals surface area contributed by atoms with Crippen molar-refractivity contribution in [2.45, 2.75) is 57.7 Å². The fourth-order valence-electron chi connectivity index (χ4n) is 3.20. The standard InChI is InChI=1S/C17H25NO/c1-17(2)15(10-16(17)19-3)18-11-12-4-6-13(7-5-12)14-8-9-14/h4-7,14-16,18H,8-11H2,1-3H3. The first-order chi connectivity index (χ1) is 9.11. The SMILES string of the molecule is COC1CC(NCc2ccc(C3CC3)cc2)C1(C)C. The van der Waals surface area contributed by atoms with E-state index in [-0.39, 0.29) is 5.41 Å². The molecule has 2 saturated carbocycles. The van der Waals surface area contributed by atoms with Gasteiger partial charge in [-0.25, -0.2) is 0 Å². The molecule has 3 rings (SSSR count). The summed E-state index contributed by atoms with van der Waals surface area (Å²) >= 11 is 0. The first-order valence-electron chi connectivity index (χ1n) is 7.46. The van der Waals surface area contributed by atoms with Crippen molar-refractivity contribution < 1.29 is 4.74 Å². The van der Waals surface area contributed by atoms with Crippen molar-refractivity contribution in [3.05, 3.63) is 35.4 Å². The Hall–Kier alpha value is -0.860. The summed E-state index contributed by atoms with van der Waals surface area (Å²) < 4.78 is 5.49. The number of ether oxygens (including phenoxy) is 1. The van der Waals surface area contributed by atoms with E-state index in [4.69, 9.17) is 4.74 Å². The highest BCUT2D eigenvalue weighted by atomic mass is 16.5. The van der Waals surface area contributed by atoms with Crippen molar-refractivity contribution in [3.8, 4) is 0 Å². The lowest BCUT2D eigenvalue weighted by Gasteiger charge is -2.51. The zero-order valence-corrected chi connectivity index (χ0v) is 12.3. The lowest BCUT2D eigenvalue weighted by molar-refractivity contribution is -0.0979. The average molecular weight is 259 g/mol. The molecule has 0 amide bonds. The lowest BCUT2D eigenvalue weighted by Crippen LogP contribution is -2.60. The molecule has 0 aliphatic heterocycles. The van der Waals surface area contributed by atoms with Crippen LogP contribution in [0.3, 0.4) is 0 Å². The molecular weight excluding hydrogens is 234 g/mol. The predicted octanol–water partition coefficient (Wildman–Crippen LogP) is 3.47. The molecule has 1 aromatic rings. The summed E-state index contributed by atoms with van der Waals surface area (Å²) in [6.45, 7) is 5.55. The largest absolute Gasteiger partial charge is 0.381 e. The monoisotopic (exact) mass is 259 g/mol. The maximum atomic E-state index is 5.49. The zero-order chi connectivity index (χ0) is 13.5. The second-order valence-corrected chi connectivity index (χ2v) is 6.73. The summed E-state index contributed by atoms with van der Waals surface area (Å²) in [6.07, 6.45) is 4.30. The Kier molecular flexibility index (Phi) is 3.40. The lowest BCUT2D eigenvalue weighted by atomic mass is 9.64. The van der Waals surface area contributed by atoms with Gasteiger partial charge in [-0.1, -0.05) is 38.1 Å². The molecule has 104 valence electrons. The Balaban J connectivity index is 1.52. The molecule has 1 aromatic carbocycles. The Morgan fingerprint density at radius 3 is 2.42 bits per heavy atom. The Labute approximate surface area is 116 Å². The fraction of sp³-hybridized carbons (Fsp3) is 0.647. The molecule has 19 heavy (non-hydrogen) atoms. The van der Waals surface area contributed by atoms with E-state index in [1.165, 1.54) is 24.0 Å². The van der Waals surface area contributed by atoms with E-state index in [0.717, 1.165) is 18.9 Å². The Morgan fingerprint density at radius 1 is 1.21 bits per heavy atom. The molecule has 2 heteroatoms. The zero-order valence-electron chi connectivity index (χ0n) is 12.3. The van der Waals surface area contributed by atoms with Crippen LogP contribution in [0.25, 0.3) is 0 Å². The van der Waals surface area contributed by atoms with Crippen molar-refractivity contribution in [2.75, 3.05) is 7.11 Å². The number of rotatable bonds is 5. The molecule has 0 heterocycles. The maximum Gasteiger partial charge on any atom is 0.0652 e. The van der Waals surface area contributed by atoms with E-state index in [1.54, 1.807) is 0 Å². The second-order valence-electron chi connectivity index (χ2n) is 6.73. The topological polar surface area (TPSA) is 21.3 Å². The van der Waals surface area contributed by atoms with Crippen molar-refractivity contribution >= 4 is 0 Å². The van der Waals surface area contributed by atoms with Crippen molar-refractivity contribution in [2.24, 2.45) is 5.41 Å². The normalized spacial score (nSPS) is 29.0. The minimum absolute atomic E-state index is 0.253. The predicted molar refractivity (Wildman–Crippen MR) is 78.2 cm³/mol. The molecule has 2 fully saturated rings. The van der Waals surface area contributed by atoms with Crippen LogP contribution in [-0.4, -0.2) is 19.3 Å². The van der Waals surface area contributed by atoms with E-state index >= 15 is 0 Å². The quantitative estimate of drug-likeness (QED) is 0.874. The molecule has 2 nitrogen and oxygen atoms in total. The smallest absolute Gasteiger partial charge is 0.0652 e. The van der Waals surface area contributed by atoms with Crippen molar-refractivity contribution in [1.82, 2.24) is 5.32 Å². The summed E-state index contributed by atoms with van der Waals surface area (Å²) in [5.41, 5.74) is 3.16. The summed E-state index contributed by atoms with van der Waals surface area (Å²) in [5.74, 6) is 0.857. The average Bonchev–Trinajstić information content (AvgIpc) is 3.23.